The molecule has 0 saturated heterocycles. The maximum atomic E-state index is 5.68. The number of rotatable bonds is 6. The molecule has 96 valence electrons. The van der Waals surface area contributed by atoms with Gasteiger partial charge in [0, 0.05) is 6.04 Å². The number of nitrogens with one attached hydrogen (secondary N) is 1. The molecule has 2 heteroatoms. The minimum absolute atomic E-state index is 0.260. The fraction of sp³-hybridized carbons (Fsp3) is 0.600. The quantitative estimate of drug-likeness (QED) is 0.581. The molecular weight excluding hydrogens is 208 g/mol. The van der Waals surface area contributed by atoms with Gasteiger partial charge < -0.3 is 0 Å². The Balaban J connectivity index is 2.82. The van der Waals surface area contributed by atoms with E-state index in [2.05, 4.69) is 57.4 Å². The second-order valence-corrected chi connectivity index (χ2v) is 5.23. The van der Waals surface area contributed by atoms with Gasteiger partial charge in [-0.3, -0.25) is 11.3 Å². The molecule has 1 rings (SSSR count). The number of hydrazine groups is 1. The highest BCUT2D eigenvalue weighted by Gasteiger charge is 2.17. The molecule has 0 aliphatic carbocycles. The lowest BCUT2D eigenvalue weighted by Gasteiger charge is -2.23. The van der Waals surface area contributed by atoms with Gasteiger partial charge in [0.25, 0.3) is 0 Å². The highest BCUT2D eigenvalue weighted by Crippen LogP contribution is 2.26. The first kappa shape index (κ1) is 14.2. The first-order valence-corrected chi connectivity index (χ1v) is 6.66. The summed E-state index contributed by atoms with van der Waals surface area (Å²) >= 11 is 0. The van der Waals surface area contributed by atoms with Crippen molar-refractivity contribution >= 4 is 0 Å². The van der Waals surface area contributed by atoms with Crippen LogP contribution in [0.5, 0.6) is 0 Å². The molecule has 2 nitrogen and oxygen atoms in total. The Morgan fingerprint density at radius 1 is 1.06 bits per heavy atom. The topological polar surface area (TPSA) is 38.0 Å². The van der Waals surface area contributed by atoms with Crippen LogP contribution < -0.4 is 11.3 Å². The van der Waals surface area contributed by atoms with Crippen molar-refractivity contribution in [3.63, 3.8) is 0 Å². The van der Waals surface area contributed by atoms with Gasteiger partial charge in [-0.05, 0) is 29.4 Å². The summed E-state index contributed by atoms with van der Waals surface area (Å²) in [5.41, 5.74) is 5.62. The van der Waals surface area contributed by atoms with E-state index in [4.69, 9.17) is 5.84 Å². The first-order valence-electron chi connectivity index (χ1n) is 6.66. The zero-order valence-electron chi connectivity index (χ0n) is 11.5. The van der Waals surface area contributed by atoms with Gasteiger partial charge >= 0.3 is 0 Å². The highest BCUT2D eigenvalue weighted by atomic mass is 15.2. The van der Waals surface area contributed by atoms with Gasteiger partial charge in [-0.15, -0.1) is 0 Å². The van der Waals surface area contributed by atoms with E-state index in [1.807, 2.05) is 0 Å². The maximum Gasteiger partial charge on any atom is 0.0485 e. The third-order valence-corrected chi connectivity index (χ3v) is 3.45. The van der Waals surface area contributed by atoms with E-state index in [1.54, 1.807) is 0 Å². The summed E-state index contributed by atoms with van der Waals surface area (Å²) < 4.78 is 0. The Kier molecular flexibility index (Phi) is 5.66. The molecule has 0 radical (unpaired) electrons. The second-order valence-electron chi connectivity index (χ2n) is 5.23. The van der Waals surface area contributed by atoms with Crippen molar-refractivity contribution in [1.82, 2.24) is 5.43 Å². The molecule has 0 saturated carbocycles. The van der Waals surface area contributed by atoms with Gasteiger partial charge in [-0.1, -0.05) is 58.4 Å². The normalized spacial score (nSPS) is 14.9. The molecule has 2 atom stereocenters. The van der Waals surface area contributed by atoms with Gasteiger partial charge in [0.1, 0.15) is 0 Å². The predicted molar refractivity (Wildman–Crippen MR) is 74.7 cm³/mol. The Morgan fingerprint density at radius 3 is 2.00 bits per heavy atom. The molecule has 0 heterocycles. The molecule has 17 heavy (non-hydrogen) atoms. The molecule has 1 aromatic carbocycles. The van der Waals surface area contributed by atoms with Crippen LogP contribution in [-0.4, -0.2) is 0 Å². The third kappa shape index (κ3) is 3.83. The molecule has 0 spiro atoms. The van der Waals surface area contributed by atoms with Crippen molar-refractivity contribution in [2.45, 2.75) is 52.5 Å². The van der Waals surface area contributed by atoms with E-state index in [0.29, 0.717) is 11.8 Å². The van der Waals surface area contributed by atoms with Crippen LogP contribution in [0.4, 0.5) is 0 Å². The Labute approximate surface area is 106 Å². The number of hydrogen-bond donors (Lipinski definition) is 2. The summed E-state index contributed by atoms with van der Waals surface area (Å²) in [5, 5.41) is 0. The largest absolute Gasteiger partial charge is 0.271 e. The van der Waals surface area contributed by atoms with Crippen LogP contribution in [0.3, 0.4) is 0 Å². The van der Waals surface area contributed by atoms with Crippen molar-refractivity contribution in [3.05, 3.63) is 35.4 Å². The summed E-state index contributed by atoms with van der Waals surface area (Å²) in [4.78, 5) is 0. The van der Waals surface area contributed by atoms with Gasteiger partial charge in [0.15, 0.2) is 0 Å². The lowest BCUT2D eigenvalue weighted by atomic mass is 9.90. The van der Waals surface area contributed by atoms with Gasteiger partial charge in [-0.25, -0.2) is 0 Å². The fourth-order valence-corrected chi connectivity index (χ4v) is 2.30. The minimum Gasteiger partial charge on any atom is -0.271 e. The number of hydrogen-bond acceptors (Lipinski definition) is 2. The van der Waals surface area contributed by atoms with Crippen LogP contribution in [0.25, 0.3) is 0 Å². The molecule has 3 N–H and O–H groups in total. The maximum absolute atomic E-state index is 5.68. The second kappa shape index (κ2) is 6.77. The molecule has 2 unspecified atom stereocenters. The van der Waals surface area contributed by atoms with Crippen LogP contribution in [0.2, 0.25) is 0 Å². The van der Waals surface area contributed by atoms with Crippen LogP contribution >= 0.6 is 0 Å². The average molecular weight is 234 g/mol. The number of benzene rings is 1. The van der Waals surface area contributed by atoms with E-state index < -0.39 is 0 Å². The van der Waals surface area contributed by atoms with Crippen LogP contribution in [-0.2, 0) is 0 Å². The summed E-state index contributed by atoms with van der Waals surface area (Å²) in [7, 11) is 0. The predicted octanol–water partition coefficient (Wildman–Crippen LogP) is 3.75. The summed E-state index contributed by atoms with van der Waals surface area (Å²) in [5.74, 6) is 6.83. The average Bonchev–Trinajstić information content (AvgIpc) is 2.31. The summed E-state index contributed by atoms with van der Waals surface area (Å²) in [6, 6.07) is 9.08. The van der Waals surface area contributed by atoms with Crippen LogP contribution in [0.1, 0.15) is 63.6 Å². The Morgan fingerprint density at radius 2 is 1.59 bits per heavy atom. The van der Waals surface area contributed by atoms with Crippen molar-refractivity contribution in [3.8, 4) is 0 Å². The molecule has 0 fully saturated rings. The van der Waals surface area contributed by atoms with Crippen molar-refractivity contribution in [2.24, 2.45) is 11.8 Å². The van der Waals surface area contributed by atoms with E-state index in [-0.39, 0.29) is 6.04 Å². The van der Waals surface area contributed by atoms with E-state index in [9.17, 15) is 0 Å². The molecule has 0 bridgehead atoms. The van der Waals surface area contributed by atoms with Gasteiger partial charge in [-0.2, -0.15) is 0 Å². The standard InChI is InChI=1S/C15H26N2/c1-5-6-12(4)15(17-16)14-9-7-13(8-10-14)11(2)3/h7-12,15,17H,5-6,16H2,1-4H3. The molecule has 0 aliphatic rings. The fourth-order valence-electron chi connectivity index (χ4n) is 2.30. The smallest absolute Gasteiger partial charge is 0.0485 e. The monoisotopic (exact) mass is 234 g/mol. The van der Waals surface area contributed by atoms with Crippen LogP contribution in [0.15, 0.2) is 24.3 Å². The molecule has 0 aromatic heterocycles. The minimum atomic E-state index is 0.260. The first-order chi connectivity index (χ1) is 8.10. The SMILES string of the molecule is CCCC(C)C(NN)c1ccc(C(C)C)cc1. The van der Waals surface area contributed by atoms with Crippen molar-refractivity contribution in [1.29, 1.82) is 0 Å². The van der Waals surface area contributed by atoms with Crippen LogP contribution in [0, 0.1) is 5.92 Å². The lowest BCUT2D eigenvalue weighted by Crippen LogP contribution is -2.32. The highest BCUT2D eigenvalue weighted by molar-refractivity contribution is 5.27. The van der Waals surface area contributed by atoms with Gasteiger partial charge in [0.05, 0.1) is 0 Å². The van der Waals surface area contributed by atoms with E-state index >= 15 is 0 Å². The zero-order chi connectivity index (χ0) is 12.8. The van der Waals surface area contributed by atoms with Gasteiger partial charge in [0.2, 0.25) is 0 Å². The molecule has 0 aliphatic heterocycles. The zero-order valence-corrected chi connectivity index (χ0v) is 11.5. The van der Waals surface area contributed by atoms with E-state index in [1.165, 1.54) is 24.0 Å². The molecular formula is C15H26N2. The molecule has 1 aromatic rings. The Hall–Kier alpha value is -0.860. The van der Waals surface area contributed by atoms with E-state index in [0.717, 1.165) is 0 Å². The molecule has 0 amide bonds. The summed E-state index contributed by atoms with van der Waals surface area (Å²) in [6.45, 7) is 8.90. The van der Waals surface area contributed by atoms with Crippen molar-refractivity contribution < 1.29 is 0 Å². The third-order valence-electron chi connectivity index (χ3n) is 3.45. The number of nitrogens with two attached hydrogens (primary N) is 1. The lowest BCUT2D eigenvalue weighted by molar-refractivity contribution is 0.368. The van der Waals surface area contributed by atoms with Crippen molar-refractivity contribution in [2.75, 3.05) is 0 Å². The Bertz CT molecular complexity index is 316. The summed E-state index contributed by atoms with van der Waals surface area (Å²) in [6.07, 6.45) is 2.39.